The van der Waals surface area contributed by atoms with Gasteiger partial charge in [0.15, 0.2) is 5.11 Å². The highest BCUT2D eigenvalue weighted by atomic mass is 32.1. The first-order valence-corrected chi connectivity index (χ1v) is 8.77. The summed E-state index contributed by atoms with van der Waals surface area (Å²) in [4.78, 5) is 24.3. The van der Waals surface area contributed by atoms with Gasteiger partial charge in [-0.25, -0.2) is 0 Å². The first kappa shape index (κ1) is 18.6. The molecule has 27 heavy (non-hydrogen) atoms. The number of hydrogen-bond donors (Lipinski definition) is 2. The Bertz CT molecular complexity index is 879. The Kier molecular flexibility index (Phi) is 5.83. The van der Waals surface area contributed by atoms with E-state index in [4.69, 9.17) is 22.1 Å². The summed E-state index contributed by atoms with van der Waals surface area (Å²) in [5, 5.41) is 11.8. The predicted octanol–water partition coefficient (Wildman–Crippen LogP) is 2.80. The molecule has 2 aromatic rings. The zero-order valence-electron chi connectivity index (χ0n) is 14.4. The largest absolute Gasteiger partial charge is 0.489 e. The SMILES string of the molecule is O=C(O)CCN1C(=O)/C(=C/c2ccc(OCc3ccccc3)cc2)NC1=S. The van der Waals surface area contributed by atoms with E-state index in [1.54, 1.807) is 6.08 Å². The average molecular weight is 382 g/mol. The molecule has 0 radical (unpaired) electrons. The summed E-state index contributed by atoms with van der Waals surface area (Å²) in [5.74, 6) is -0.579. The first-order valence-electron chi connectivity index (χ1n) is 8.36. The Balaban J connectivity index is 1.62. The van der Waals surface area contributed by atoms with Crippen LogP contribution in [0.15, 0.2) is 60.3 Å². The van der Waals surface area contributed by atoms with E-state index >= 15 is 0 Å². The van der Waals surface area contributed by atoms with Crippen molar-refractivity contribution in [1.29, 1.82) is 0 Å². The van der Waals surface area contributed by atoms with Crippen molar-refractivity contribution in [3.05, 3.63) is 71.4 Å². The molecular formula is C20H18N2O4S. The van der Waals surface area contributed by atoms with E-state index < -0.39 is 5.97 Å². The van der Waals surface area contributed by atoms with Gasteiger partial charge in [0.1, 0.15) is 18.1 Å². The van der Waals surface area contributed by atoms with Gasteiger partial charge in [-0.1, -0.05) is 42.5 Å². The molecule has 1 heterocycles. The number of hydrogen-bond acceptors (Lipinski definition) is 4. The number of carbonyl (C=O) groups is 2. The summed E-state index contributed by atoms with van der Waals surface area (Å²) >= 11 is 5.10. The molecule has 2 N–H and O–H groups in total. The van der Waals surface area contributed by atoms with Crippen LogP contribution in [0.1, 0.15) is 17.5 Å². The number of nitrogens with zero attached hydrogens (tertiary/aromatic N) is 1. The van der Waals surface area contributed by atoms with E-state index in [1.165, 1.54) is 4.90 Å². The van der Waals surface area contributed by atoms with Crippen molar-refractivity contribution < 1.29 is 19.4 Å². The molecule has 1 fully saturated rings. The number of carboxylic acids is 1. The third kappa shape index (κ3) is 4.92. The summed E-state index contributed by atoms with van der Waals surface area (Å²) in [5.41, 5.74) is 2.21. The number of amides is 1. The number of rotatable bonds is 7. The molecule has 1 saturated heterocycles. The third-order valence-corrected chi connectivity index (χ3v) is 4.27. The molecule has 1 amide bonds. The van der Waals surface area contributed by atoms with E-state index in [-0.39, 0.29) is 24.0 Å². The molecule has 0 atom stereocenters. The minimum absolute atomic E-state index is 0.0452. The summed E-state index contributed by atoms with van der Waals surface area (Å²) in [6.07, 6.45) is 1.52. The highest BCUT2D eigenvalue weighted by Gasteiger charge is 2.30. The lowest BCUT2D eigenvalue weighted by molar-refractivity contribution is -0.137. The van der Waals surface area contributed by atoms with Crippen molar-refractivity contribution in [3.8, 4) is 5.75 Å². The number of ether oxygens (including phenoxy) is 1. The third-order valence-electron chi connectivity index (χ3n) is 3.95. The number of thiocarbonyl (C=S) groups is 1. The molecule has 2 aromatic carbocycles. The fraction of sp³-hybridized carbons (Fsp3) is 0.150. The maximum atomic E-state index is 12.3. The van der Waals surface area contributed by atoms with Gasteiger partial charge in [-0.15, -0.1) is 0 Å². The van der Waals surface area contributed by atoms with E-state index in [0.717, 1.165) is 16.9 Å². The van der Waals surface area contributed by atoms with E-state index in [2.05, 4.69) is 5.32 Å². The lowest BCUT2D eigenvalue weighted by Crippen LogP contribution is -2.32. The molecule has 7 heteroatoms. The van der Waals surface area contributed by atoms with E-state index in [1.807, 2.05) is 54.6 Å². The fourth-order valence-corrected chi connectivity index (χ4v) is 2.83. The molecule has 0 aromatic heterocycles. The molecule has 0 spiro atoms. The summed E-state index contributed by atoms with van der Waals surface area (Å²) in [7, 11) is 0. The van der Waals surface area contributed by atoms with Gasteiger partial charge in [0.25, 0.3) is 5.91 Å². The Morgan fingerprint density at radius 3 is 2.52 bits per heavy atom. The second-order valence-electron chi connectivity index (χ2n) is 5.93. The van der Waals surface area contributed by atoms with E-state index in [9.17, 15) is 9.59 Å². The van der Waals surface area contributed by atoms with Crippen LogP contribution in [-0.2, 0) is 16.2 Å². The maximum absolute atomic E-state index is 12.3. The minimum atomic E-state index is -0.978. The van der Waals surface area contributed by atoms with Gasteiger partial charge < -0.3 is 15.2 Å². The minimum Gasteiger partial charge on any atom is -0.489 e. The number of benzene rings is 2. The molecule has 6 nitrogen and oxygen atoms in total. The van der Waals surface area contributed by atoms with Gasteiger partial charge in [0, 0.05) is 6.54 Å². The van der Waals surface area contributed by atoms with Crippen molar-refractivity contribution in [1.82, 2.24) is 10.2 Å². The first-order chi connectivity index (χ1) is 13.0. The molecule has 0 aliphatic carbocycles. The number of carbonyl (C=O) groups excluding carboxylic acids is 1. The van der Waals surface area contributed by atoms with Crippen LogP contribution < -0.4 is 10.1 Å². The van der Waals surface area contributed by atoms with Crippen molar-refractivity contribution >= 4 is 35.3 Å². The summed E-state index contributed by atoms with van der Waals surface area (Å²) in [6.45, 7) is 0.526. The number of carboxylic acid groups (broad SMARTS) is 1. The van der Waals surface area contributed by atoms with Crippen molar-refractivity contribution in [3.63, 3.8) is 0 Å². The quantitative estimate of drug-likeness (QED) is 0.566. The monoisotopic (exact) mass is 382 g/mol. The standard InChI is InChI=1S/C20H18N2O4S/c23-18(24)10-11-22-19(25)17(21-20(22)27)12-14-6-8-16(9-7-14)26-13-15-4-2-1-3-5-15/h1-9,12H,10-11,13H2,(H,21,27)(H,23,24)/b17-12-. The van der Waals surface area contributed by atoms with Crippen molar-refractivity contribution in [2.45, 2.75) is 13.0 Å². The highest BCUT2D eigenvalue weighted by Crippen LogP contribution is 2.18. The second-order valence-corrected chi connectivity index (χ2v) is 6.32. The second kappa shape index (κ2) is 8.46. The van der Waals surface area contributed by atoms with Crippen LogP contribution in [0.25, 0.3) is 6.08 Å². The van der Waals surface area contributed by atoms with Crippen LogP contribution in [-0.4, -0.2) is 33.5 Å². The summed E-state index contributed by atoms with van der Waals surface area (Å²) < 4.78 is 5.74. The Morgan fingerprint density at radius 2 is 1.85 bits per heavy atom. The Hall–Kier alpha value is -3.19. The molecule has 0 saturated carbocycles. The summed E-state index contributed by atoms with van der Waals surface area (Å²) in [6, 6.07) is 17.2. The van der Waals surface area contributed by atoms with Gasteiger partial charge in [0.05, 0.1) is 6.42 Å². The molecule has 1 aliphatic heterocycles. The lowest BCUT2D eigenvalue weighted by Gasteiger charge is -2.11. The smallest absolute Gasteiger partial charge is 0.305 e. The Labute approximate surface area is 162 Å². The van der Waals surface area contributed by atoms with Crippen LogP contribution >= 0.6 is 12.2 Å². The van der Waals surface area contributed by atoms with Crippen LogP contribution in [0.5, 0.6) is 5.75 Å². The van der Waals surface area contributed by atoms with Gasteiger partial charge in [-0.3, -0.25) is 14.5 Å². The lowest BCUT2D eigenvalue weighted by atomic mass is 10.2. The number of nitrogens with one attached hydrogen (secondary N) is 1. The topological polar surface area (TPSA) is 78.9 Å². The Morgan fingerprint density at radius 1 is 1.15 bits per heavy atom. The van der Waals surface area contributed by atoms with Crippen LogP contribution in [0.2, 0.25) is 0 Å². The van der Waals surface area contributed by atoms with Crippen LogP contribution in [0, 0.1) is 0 Å². The van der Waals surface area contributed by atoms with E-state index in [0.29, 0.717) is 12.3 Å². The number of aliphatic carboxylic acids is 1. The van der Waals surface area contributed by atoms with Gasteiger partial charge in [-0.05, 0) is 41.6 Å². The fourth-order valence-electron chi connectivity index (χ4n) is 2.55. The molecule has 0 unspecified atom stereocenters. The average Bonchev–Trinajstić information content (AvgIpc) is 2.93. The van der Waals surface area contributed by atoms with Crippen molar-refractivity contribution in [2.24, 2.45) is 0 Å². The molecule has 3 rings (SSSR count). The van der Waals surface area contributed by atoms with Crippen LogP contribution in [0.4, 0.5) is 0 Å². The molecular weight excluding hydrogens is 364 g/mol. The zero-order valence-corrected chi connectivity index (χ0v) is 15.2. The van der Waals surface area contributed by atoms with Gasteiger partial charge in [0.2, 0.25) is 0 Å². The normalized spacial score (nSPS) is 15.1. The predicted molar refractivity (Wildman–Crippen MR) is 105 cm³/mol. The zero-order chi connectivity index (χ0) is 19.2. The molecule has 138 valence electrons. The van der Waals surface area contributed by atoms with Gasteiger partial charge in [-0.2, -0.15) is 0 Å². The highest BCUT2D eigenvalue weighted by molar-refractivity contribution is 7.80. The van der Waals surface area contributed by atoms with Crippen LogP contribution in [0.3, 0.4) is 0 Å². The van der Waals surface area contributed by atoms with Crippen molar-refractivity contribution in [2.75, 3.05) is 6.54 Å². The molecule has 0 bridgehead atoms. The maximum Gasteiger partial charge on any atom is 0.305 e. The molecule has 1 aliphatic rings. The van der Waals surface area contributed by atoms with Gasteiger partial charge >= 0.3 is 5.97 Å².